The van der Waals surface area contributed by atoms with Gasteiger partial charge in [-0.05, 0) is 37.9 Å². The summed E-state index contributed by atoms with van der Waals surface area (Å²) in [5, 5.41) is 6.12. The molecule has 1 heterocycles. The number of carbonyl (C=O) groups excluding carboxylic acids is 1. The summed E-state index contributed by atoms with van der Waals surface area (Å²) in [5.41, 5.74) is 0.799. The second-order valence-electron chi connectivity index (χ2n) is 4.87. The van der Waals surface area contributed by atoms with Gasteiger partial charge in [-0.25, -0.2) is 0 Å². The highest BCUT2D eigenvalue weighted by Gasteiger charge is 2.21. The van der Waals surface area contributed by atoms with Crippen molar-refractivity contribution in [1.82, 2.24) is 5.32 Å². The second-order valence-corrected chi connectivity index (χ2v) is 4.87. The van der Waals surface area contributed by atoms with Crippen LogP contribution in [0.1, 0.15) is 32.6 Å². The van der Waals surface area contributed by atoms with Gasteiger partial charge in [-0.15, -0.1) is 12.4 Å². The number of unbranched alkanes of at least 4 members (excludes halogenated alkanes) is 1. The summed E-state index contributed by atoms with van der Waals surface area (Å²) in [5.74, 6) is 0.855. The molecular formula is C15H23ClN2O2. The van der Waals surface area contributed by atoms with E-state index in [2.05, 4.69) is 17.6 Å². The summed E-state index contributed by atoms with van der Waals surface area (Å²) in [6, 6.07) is 7.53. The van der Waals surface area contributed by atoms with Gasteiger partial charge in [-0.3, -0.25) is 4.79 Å². The van der Waals surface area contributed by atoms with Crippen molar-refractivity contribution in [3.8, 4) is 5.75 Å². The Morgan fingerprint density at radius 1 is 1.50 bits per heavy atom. The Labute approximate surface area is 126 Å². The molecule has 0 saturated carbocycles. The number of hydrogen-bond acceptors (Lipinski definition) is 3. The van der Waals surface area contributed by atoms with Crippen molar-refractivity contribution in [3.05, 3.63) is 24.3 Å². The number of benzene rings is 1. The molecule has 1 saturated heterocycles. The lowest BCUT2D eigenvalue weighted by Crippen LogP contribution is -2.35. The van der Waals surface area contributed by atoms with Crippen molar-refractivity contribution in [2.75, 3.05) is 18.5 Å². The molecule has 5 heteroatoms. The second kappa shape index (κ2) is 8.82. The van der Waals surface area contributed by atoms with E-state index in [-0.39, 0.29) is 24.4 Å². The van der Waals surface area contributed by atoms with Gasteiger partial charge in [0, 0.05) is 11.8 Å². The Morgan fingerprint density at radius 3 is 3.05 bits per heavy atom. The molecule has 2 N–H and O–H groups in total. The number of rotatable bonds is 6. The Bertz CT molecular complexity index is 420. The topological polar surface area (TPSA) is 50.4 Å². The quantitative estimate of drug-likeness (QED) is 0.794. The van der Waals surface area contributed by atoms with Crippen LogP contribution in [0.5, 0.6) is 5.75 Å². The van der Waals surface area contributed by atoms with Crippen LogP contribution in [0.3, 0.4) is 0 Å². The number of carbonyl (C=O) groups is 1. The van der Waals surface area contributed by atoms with Crippen molar-refractivity contribution in [2.24, 2.45) is 0 Å². The Morgan fingerprint density at radius 2 is 2.35 bits per heavy atom. The van der Waals surface area contributed by atoms with Crippen LogP contribution < -0.4 is 15.4 Å². The number of halogens is 1. The van der Waals surface area contributed by atoms with Crippen molar-refractivity contribution < 1.29 is 9.53 Å². The Hall–Kier alpha value is -1.26. The van der Waals surface area contributed by atoms with Crippen LogP contribution in [-0.2, 0) is 4.79 Å². The fourth-order valence-corrected chi connectivity index (χ4v) is 2.14. The first-order valence-corrected chi connectivity index (χ1v) is 7.06. The van der Waals surface area contributed by atoms with Gasteiger partial charge in [0.05, 0.1) is 12.6 Å². The monoisotopic (exact) mass is 298 g/mol. The molecule has 112 valence electrons. The molecule has 1 aliphatic rings. The summed E-state index contributed by atoms with van der Waals surface area (Å²) >= 11 is 0. The maximum absolute atomic E-state index is 12.0. The molecule has 20 heavy (non-hydrogen) atoms. The van der Waals surface area contributed by atoms with Gasteiger partial charge in [-0.1, -0.05) is 19.4 Å². The highest BCUT2D eigenvalue weighted by molar-refractivity contribution is 5.95. The van der Waals surface area contributed by atoms with Crippen molar-refractivity contribution in [1.29, 1.82) is 0 Å². The summed E-state index contributed by atoms with van der Waals surface area (Å²) < 4.78 is 5.63. The van der Waals surface area contributed by atoms with Crippen LogP contribution >= 0.6 is 12.4 Å². The fraction of sp³-hybridized carbons (Fsp3) is 0.533. The van der Waals surface area contributed by atoms with Gasteiger partial charge in [0.2, 0.25) is 5.91 Å². The molecule has 0 radical (unpaired) electrons. The van der Waals surface area contributed by atoms with Crippen molar-refractivity contribution in [2.45, 2.75) is 38.6 Å². The zero-order valence-corrected chi connectivity index (χ0v) is 12.7. The van der Waals surface area contributed by atoms with Crippen LogP contribution in [0.4, 0.5) is 5.69 Å². The number of ether oxygens (including phenoxy) is 1. The fourth-order valence-electron chi connectivity index (χ4n) is 2.14. The largest absolute Gasteiger partial charge is 0.494 e. The summed E-state index contributed by atoms with van der Waals surface area (Å²) in [7, 11) is 0. The SMILES string of the molecule is CCCCOc1cccc(NC(=O)C2CCCN2)c1.Cl. The Balaban J connectivity index is 0.00000200. The van der Waals surface area contributed by atoms with Crippen LogP contribution in [0.2, 0.25) is 0 Å². The van der Waals surface area contributed by atoms with E-state index in [1.807, 2.05) is 24.3 Å². The van der Waals surface area contributed by atoms with Gasteiger partial charge in [0.1, 0.15) is 5.75 Å². The molecule has 2 rings (SSSR count). The van der Waals surface area contributed by atoms with E-state index >= 15 is 0 Å². The van der Waals surface area contributed by atoms with Gasteiger partial charge in [0.15, 0.2) is 0 Å². The van der Waals surface area contributed by atoms with Gasteiger partial charge >= 0.3 is 0 Å². The molecule has 1 fully saturated rings. The van der Waals surface area contributed by atoms with E-state index in [0.29, 0.717) is 0 Å². The predicted octanol–water partition coefficient (Wildman–Crippen LogP) is 2.98. The lowest BCUT2D eigenvalue weighted by molar-refractivity contribution is -0.117. The molecule has 1 aromatic carbocycles. The Kier molecular flexibility index (Phi) is 7.41. The normalized spacial score (nSPS) is 17.4. The van der Waals surface area contributed by atoms with Crippen LogP contribution in [0, 0.1) is 0 Å². The first-order chi connectivity index (χ1) is 9.29. The average molecular weight is 299 g/mol. The van der Waals surface area contributed by atoms with E-state index in [4.69, 9.17) is 4.74 Å². The van der Waals surface area contributed by atoms with Crippen molar-refractivity contribution in [3.63, 3.8) is 0 Å². The number of hydrogen-bond donors (Lipinski definition) is 2. The number of nitrogens with one attached hydrogen (secondary N) is 2. The zero-order valence-electron chi connectivity index (χ0n) is 11.9. The maximum atomic E-state index is 12.0. The zero-order chi connectivity index (χ0) is 13.5. The molecule has 4 nitrogen and oxygen atoms in total. The minimum atomic E-state index is -0.0512. The molecule has 0 spiro atoms. The molecule has 1 amide bonds. The molecular weight excluding hydrogens is 276 g/mol. The molecule has 1 aliphatic heterocycles. The third-order valence-electron chi connectivity index (χ3n) is 3.24. The highest BCUT2D eigenvalue weighted by atomic mass is 35.5. The van der Waals surface area contributed by atoms with Crippen LogP contribution in [-0.4, -0.2) is 25.1 Å². The molecule has 0 aliphatic carbocycles. The number of anilines is 1. The number of amides is 1. The third kappa shape index (κ3) is 5.02. The predicted molar refractivity (Wildman–Crippen MR) is 83.7 cm³/mol. The smallest absolute Gasteiger partial charge is 0.241 e. The molecule has 0 bridgehead atoms. The summed E-state index contributed by atoms with van der Waals surface area (Å²) in [6.07, 6.45) is 4.14. The van der Waals surface area contributed by atoms with Gasteiger partial charge in [0.25, 0.3) is 0 Å². The van der Waals surface area contributed by atoms with Gasteiger partial charge < -0.3 is 15.4 Å². The molecule has 0 aromatic heterocycles. The summed E-state index contributed by atoms with van der Waals surface area (Å²) in [4.78, 5) is 12.0. The molecule has 1 atom stereocenters. The lowest BCUT2D eigenvalue weighted by atomic mass is 10.2. The standard InChI is InChI=1S/C15H22N2O2.ClH/c1-2-3-10-19-13-7-4-6-12(11-13)17-15(18)14-8-5-9-16-14;/h4,6-7,11,14,16H,2-3,5,8-10H2,1H3,(H,17,18);1H. The first kappa shape index (κ1) is 16.8. The van der Waals surface area contributed by atoms with E-state index in [1.165, 1.54) is 0 Å². The van der Waals surface area contributed by atoms with E-state index < -0.39 is 0 Å². The average Bonchev–Trinajstić information content (AvgIpc) is 2.93. The van der Waals surface area contributed by atoms with Gasteiger partial charge in [-0.2, -0.15) is 0 Å². The maximum Gasteiger partial charge on any atom is 0.241 e. The van der Waals surface area contributed by atoms with E-state index in [9.17, 15) is 4.79 Å². The summed E-state index contributed by atoms with van der Waals surface area (Å²) in [6.45, 7) is 3.78. The van der Waals surface area contributed by atoms with Crippen LogP contribution in [0.25, 0.3) is 0 Å². The lowest BCUT2D eigenvalue weighted by Gasteiger charge is -2.12. The minimum Gasteiger partial charge on any atom is -0.494 e. The first-order valence-electron chi connectivity index (χ1n) is 7.06. The van der Waals surface area contributed by atoms with Crippen molar-refractivity contribution >= 4 is 24.0 Å². The molecule has 1 aromatic rings. The van der Waals surface area contributed by atoms with Crippen LogP contribution in [0.15, 0.2) is 24.3 Å². The van der Waals surface area contributed by atoms with E-state index in [0.717, 1.165) is 50.3 Å². The van der Waals surface area contributed by atoms with E-state index in [1.54, 1.807) is 0 Å². The minimum absolute atomic E-state index is 0. The molecule has 1 unspecified atom stereocenters. The highest BCUT2D eigenvalue weighted by Crippen LogP contribution is 2.18. The third-order valence-corrected chi connectivity index (χ3v) is 3.24.